The molecule has 0 aliphatic carbocycles. The summed E-state index contributed by atoms with van der Waals surface area (Å²) in [7, 11) is 1.62. The maximum absolute atomic E-state index is 12.7. The lowest BCUT2D eigenvalue weighted by Gasteiger charge is -2.28. The second-order valence-corrected chi connectivity index (χ2v) is 7.37. The SMILES string of the molecule is CN1C(=O)C2CN(Cc3ccccc3)C(CCc3ccccc3)C2C1=O. The van der Waals surface area contributed by atoms with Crippen LogP contribution in [0.5, 0.6) is 0 Å². The Bertz CT molecular complexity index is 790. The molecule has 2 aliphatic rings. The van der Waals surface area contributed by atoms with Gasteiger partial charge >= 0.3 is 0 Å². The van der Waals surface area contributed by atoms with E-state index in [9.17, 15) is 9.59 Å². The maximum atomic E-state index is 12.7. The van der Waals surface area contributed by atoms with Crippen LogP contribution in [0.15, 0.2) is 60.7 Å². The first-order valence-electron chi connectivity index (χ1n) is 9.28. The zero-order valence-electron chi connectivity index (χ0n) is 15.0. The molecular formula is C22H24N2O2. The number of hydrogen-bond donors (Lipinski definition) is 0. The molecule has 3 atom stereocenters. The third kappa shape index (κ3) is 3.06. The number of rotatable bonds is 5. The molecule has 4 rings (SSSR count). The molecule has 0 spiro atoms. The van der Waals surface area contributed by atoms with Crippen molar-refractivity contribution in [3.63, 3.8) is 0 Å². The predicted octanol–water partition coefficient (Wildman–Crippen LogP) is 2.73. The number of carbonyl (C=O) groups excluding carboxylic acids is 2. The van der Waals surface area contributed by atoms with Gasteiger partial charge in [-0.25, -0.2) is 0 Å². The monoisotopic (exact) mass is 348 g/mol. The molecule has 2 fully saturated rings. The van der Waals surface area contributed by atoms with Crippen molar-refractivity contribution in [1.82, 2.24) is 9.80 Å². The summed E-state index contributed by atoms with van der Waals surface area (Å²) in [5.41, 5.74) is 2.51. The lowest BCUT2D eigenvalue weighted by atomic mass is 9.89. The Morgan fingerprint density at radius 1 is 0.885 bits per heavy atom. The summed E-state index contributed by atoms with van der Waals surface area (Å²) < 4.78 is 0. The van der Waals surface area contributed by atoms with Gasteiger partial charge in [0.2, 0.25) is 11.8 Å². The number of hydrogen-bond acceptors (Lipinski definition) is 3. The van der Waals surface area contributed by atoms with Crippen LogP contribution in [0.3, 0.4) is 0 Å². The molecule has 0 N–H and O–H groups in total. The molecule has 0 aromatic heterocycles. The van der Waals surface area contributed by atoms with Crippen LogP contribution in [0.25, 0.3) is 0 Å². The van der Waals surface area contributed by atoms with Crippen molar-refractivity contribution >= 4 is 11.8 Å². The molecule has 0 bridgehead atoms. The molecule has 0 radical (unpaired) electrons. The fourth-order valence-corrected chi connectivity index (χ4v) is 4.47. The van der Waals surface area contributed by atoms with Crippen LogP contribution in [-0.4, -0.2) is 41.2 Å². The topological polar surface area (TPSA) is 40.6 Å². The third-order valence-electron chi connectivity index (χ3n) is 5.81. The molecule has 2 aromatic carbocycles. The number of benzene rings is 2. The van der Waals surface area contributed by atoms with Crippen LogP contribution in [0.2, 0.25) is 0 Å². The molecule has 26 heavy (non-hydrogen) atoms. The van der Waals surface area contributed by atoms with Gasteiger partial charge in [0.25, 0.3) is 0 Å². The Balaban J connectivity index is 1.56. The van der Waals surface area contributed by atoms with Gasteiger partial charge in [0.1, 0.15) is 0 Å². The summed E-state index contributed by atoms with van der Waals surface area (Å²) in [5, 5.41) is 0. The van der Waals surface area contributed by atoms with E-state index < -0.39 is 0 Å². The Kier molecular flexibility index (Phi) is 4.60. The van der Waals surface area contributed by atoms with Crippen molar-refractivity contribution < 1.29 is 9.59 Å². The number of aryl methyl sites for hydroxylation is 1. The highest BCUT2D eigenvalue weighted by atomic mass is 16.2. The van der Waals surface area contributed by atoms with Crippen molar-refractivity contribution in [2.24, 2.45) is 11.8 Å². The molecule has 2 saturated heterocycles. The molecule has 0 saturated carbocycles. The van der Waals surface area contributed by atoms with Gasteiger partial charge in [0.05, 0.1) is 11.8 Å². The van der Waals surface area contributed by atoms with Crippen LogP contribution in [0.1, 0.15) is 17.5 Å². The van der Waals surface area contributed by atoms with Crippen LogP contribution in [0, 0.1) is 11.8 Å². The smallest absolute Gasteiger partial charge is 0.234 e. The molecule has 3 unspecified atom stereocenters. The van der Waals surface area contributed by atoms with E-state index in [-0.39, 0.29) is 29.7 Å². The molecule has 2 amide bonds. The van der Waals surface area contributed by atoms with Gasteiger partial charge in [-0.3, -0.25) is 19.4 Å². The van der Waals surface area contributed by atoms with Gasteiger partial charge < -0.3 is 0 Å². The fourth-order valence-electron chi connectivity index (χ4n) is 4.47. The van der Waals surface area contributed by atoms with Gasteiger partial charge in [-0.2, -0.15) is 0 Å². The number of fused-ring (bicyclic) bond motifs is 1. The predicted molar refractivity (Wildman–Crippen MR) is 100 cm³/mol. The van der Waals surface area contributed by atoms with Crippen molar-refractivity contribution in [1.29, 1.82) is 0 Å². The fraction of sp³-hybridized carbons (Fsp3) is 0.364. The number of carbonyl (C=O) groups is 2. The number of imide groups is 1. The quantitative estimate of drug-likeness (QED) is 0.780. The van der Waals surface area contributed by atoms with Crippen molar-refractivity contribution in [3.8, 4) is 0 Å². The maximum Gasteiger partial charge on any atom is 0.234 e. The van der Waals surface area contributed by atoms with Crippen molar-refractivity contribution in [2.45, 2.75) is 25.4 Å². The zero-order valence-corrected chi connectivity index (χ0v) is 15.0. The highest BCUT2D eigenvalue weighted by molar-refractivity contribution is 6.05. The third-order valence-corrected chi connectivity index (χ3v) is 5.81. The minimum Gasteiger partial charge on any atom is -0.294 e. The second kappa shape index (κ2) is 7.04. The lowest BCUT2D eigenvalue weighted by Crippen LogP contribution is -2.39. The molecule has 4 nitrogen and oxygen atoms in total. The largest absolute Gasteiger partial charge is 0.294 e. The van der Waals surface area contributed by atoms with E-state index in [1.54, 1.807) is 7.05 Å². The van der Waals surface area contributed by atoms with E-state index >= 15 is 0 Å². The normalized spacial score (nSPS) is 25.7. The van der Waals surface area contributed by atoms with E-state index in [1.165, 1.54) is 16.0 Å². The molecule has 2 aliphatic heterocycles. The van der Waals surface area contributed by atoms with Crippen molar-refractivity contribution in [3.05, 3.63) is 71.8 Å². The summed E-state index contributed by atoms with van der Waals surface area (Å²) in [4.78, 5) is 28.9. The summed E-state index contributed by atoms with van der Waals surface area (Å²) in [6.07, 6.45) is 1.82. The molecular weight excluding hydrogens is 324 g/mol. The number of likely N-dealkylation sites (tertiary alicyclic amines) is 2. The highest BCUT2D eigenvalue weighted by Gasteiger charge is 2.55. The van der Waals surface area contributed by atoms with Crippen LogP contribution in [0.4, 0.5) is 0 Å². The van der Waals surface area contributed by atoms with E-state index in [0.717, 1.165) is 19.4 Å². The summed E-state index contributed by atoms with van der Waals surface area (Å²) in [6.45, 7) is 1.46. The number of amides is 2. The first-order chi connectivity index (χ1) is 12.6. The Labute approximate surface area is 154 Å². The van der Waals surface area contributed by atoms with Gasteiger partial charge in [0.15, 0.2) is 0 Å². The molecule has 4 heteroatoms. The summed E-state index contributed by atoms with van der Waals surface area (Å²) >= 11 is 0. The van der Waals surface area contributed by atoms with E-state index in [4.69, 9.17) is 0 Å². The summed E-state index contributed by atoms with van der Waals surface area (Å²) in [6, 6.07) is 20.8. The minimum atomic E-state index is -0.195. The van der Waals surface area contributed by atoms with Crippen LogP contribution in [-0.2, 0) is 22.6 Å². The summed E-state index contributed by atoms with van der Waals surface area (Å²) in [5.74, 6) is -0.397. The van der Waals surface area contributed by atoms with Crippen LogP contribution < -0.4 is 0 Å². The molecule has 2 heterocycles. The average molecular weight is 348 g/mol. The zero-order chi connectivity index (χ0) is 18.1. The van der Waals surface area contributed by atoms with Gasteiger partial charge in [0, 0.05) is 26.2 Å². The van der Waals surface area contributed by atoms with E-state index in [2.05, 4.69) is 29.2 Å². The average Bonchev–Trinajstić information content (AvgIpc) is 3.13. The van der Waals surface area contributed by atoms with Gasteiger partial charge in [-0.15, -0.1) is 0 Å². The second-order valence-electron chi connectivity index (χ2n) is 7.37. The lowest BCUT2D eigenvalue weighted by molar-refractivity contribution is -0.139. The first kappa shape index (κ1) is 17.0. The Morgan fingerprint density at radius 3 is 2.15 bits per heavy atom. The van der Waals surface area contributed by atoms with Gasteiger partial charge in [-0.05, 0) is 24.0 Å². The minimum absolute atomic E-state index is 0.00590. The van der Waals surface area contributed by atoms with Crippen LogP contribution >= 0.6 is 0 Å². The first-order valence-corrected chi connectivity index (χ1v) is 9.28. The Hall–Kier alpha value is -2.46. The highest BCUT2D eigenvalue weighted by Crippen LogP contribution is 2.40. The Morgan fingerprint density at radius 2 is 1.50 bits per heavy atom. The van der Waals surface area contributed by atoms with Crippen molar-refractivity contribution in [2.75, 3.05) is 13.6 Å². The van der Waals surface area contributed by atoms with E-state index in [1.807, 2.05) is 36.4 Å². The standard InChI is InChI=1S/C22H24N2O2/c1-23-21(25)18-15-24(14-17-10-6-3-7-11-17)19(20(18)22(23)26)13-12-16-8-4-2-5-9-16/h2-11,18-20H,12-15H2,1H3. The molecule has 2 aromatic rings. The number of nitrogens with zero attached hydrogens (tertiary/aromatic N) is 2. The van der Waals surface area contributed by atoms with Gasteiger partial charge in [-0.1, -0.05) is 60.7 Å². The van der Waals surface area contributed by atoms with E-state index in [0.29, 0.717) is 6.54 Å². The molecule has 134 valence electrons.